The first-order valence-corrected chi connectivity index (χ1v) is 16.6. The number of hydrogen-bond donors (Lipinski definition) is 1. The first-order chi connectivity index (χ1) is 21.5. The second kappa shape index (κ2) is 17.1. The Morgan fingerprint density at radius 3 is 2.14 bits per heavy atom. The van der Waals surface area contributed by atoms with Crippen LogP contribution in [0.25, 0.3) is 0 Å². The number of hydroxylamine groups is 2. The largest absolute Gasteiger partial charge is 0.497 e. The normalized spacial score (nSPS) is 15.8. The molecule has 10 heteroatoms. The van der Waals surface area contributed by atoms with E-state index in [9.17, 15) is 4.79 Å². The maximum atomic E-state index is 13.0. The number of carbonyl (C=O) groups is 1. The van der Waals surface area contributed by atoms with Crippen LogP contribution in [-0.4, -0.2) is 64.2 Å². The highest BCUT2D eigenvalue weighted by molar-refractivity contribution is 7.46. The third-order valence-electron chi connectivity index (χ3n) is 7.58. The molecule has 0 saturated carbocycles. The van der Waals surface area contributed by atoms with Gasteiger partial charge in [-0.25, -0.2) is 4.62 Å². The number of nitrogens with zero attached hydrogens (tertiary/aromatic N) is 2. The molecule has 0 radical (unpaired) electrons. The molecule has 4 rings (SSSR count). The third-order valence-corrected chi connectivity index (χ3v) is 8.56. The zero-order chi connectivity index (χ0) is 31.2. The molecular formula is C34H42N3O6P. The van der Waals surface area contributed by atoms with Gasteiger partial charge in [0.15, 0.2) is 8.38 Å². The van der Waals surface area contributed by atoms with Gasteiger partial charge >= 0.3 is 0 Å². The summed E-state index contributed by atoms with van der Waals surface area (Å²) < 4.78 is 29.2. The van der Waals surface area contributed by atoms with E-state index in [1.165, 1.54) is 0 Å². The number of hydrogen-bond acceptors (Lipinski definition) is 8. The molecule has 1 heterocycles. The fourth-order valence-electron chi connectivity index (χ4n) is 5.35. The molecule has 234 valence electrons. The second-order valence-electron chi connectivity index (χ2n) is 10.4. The van der Waals surface area contributed by atoms with Gasteiger partial charge in [0.1, 0.15) is 23.1 Å². The molecule has 3 aromatic carbocycles. The van der Waals surface area contributed by atoms with Crippen molar-refractivity contribution in [1.29, 1.82) is 5.26 Å². The second-order valence-corrected chi connectivity index (χ2v) is 11.7. The Balaban J connectivity index is 1.40. The Labute approximate surface area is 261 Å². The smallest absolute Gasteiger partial charge is 0.239 e. The molecule has 0 spiro atoms. The molecule has 1 aliphatic rings. The van der Waals surface area contributed by atoms with E-state index in [1.807, 2.05) is 73.4 Å². The van der Waals surface area contributed by atoms with Crippen LogP contribution in [0.2, 0.25) is 0 Å². The van der Waals surface area contributed by atoms with Gasteiger partial charge in [-0.2, -0.15) is 10.3 Å². The van der Waals surface area contributed by atoms with Crippen LogP contribution < -0.4 is 14.8 Å². The molecule has 0 aliphatic carbocycles. The third kappa shape index (κ3) is 8.56. The standard InChI is InChI=1S/C34H42N3O6P/c1-39-30-18-14-28(15-19-30)34(27-11-5-4-6-12-27,29-16-20-31(40-2)21-17-29)41-25-8-7-23-36-33(38)32-13-9-24-37(32)43-44(3)42-26-10-22-35/h4-6,11-12,14-21,32H,7-10,13,23-26H2,1-3H3,(H,36,38)/t32-,44?/m0/s1. The summed E-state index contributed by atoms with van der Waals surface area (Å²) in [5.41, 5.74) is 2.12. The summed E-state index contributed by atoms with van der Waals surface area (Å²) >= 11 is 0. The predicted octanol–water partition coefficient (Wildman–Crippen LogP) is 6.18. The first-order valence-electron chi connectivity index (χ1n) is 15.0. The summed E-state index contributed by atoms with van der Waals surface area (Å²) in [5, 5.41) is 13.5. The summed E-state index contributed by atoms with van der Waals surface area (Å²) in [6, 6.07) is 27.9. The van der Waals surface area contributed by atoms with Crippen LogP contribution in [0.4, 0.5) is 0 Å². The molecule has 1 unspecified atom stereocenters. The Hall–Kier alpha value is -3.51. The highest BCUT2D eigenvalue weighted by atomic mass is 31.2. The number of unbranched alkanes of at least 4 members (excludes halogenated alkanes) is 1. The van der Waals surface area contributed by atoms with Gasteiger partial charge in [0, 0.05) is 26.4 Å². The van der Waals surface area contributed by atoms with Crippen LogP contribution in [0.15, 0.2) is 78.9 Å². The predicted molar refractivity (Wildman–Crippen MR) is 170 cm³/mol. The van der Waals surface area contributed by atoms with Crippen LogP contribution in [-0.2, 0) is 24.3 Å². The number of nitriles is 1. The van der Waals surface area contributed by atoms with Crippen molar-refractivity contribution < 1.29 is 28.2 Å². The van der Waals surface area contributed by atoms with E-state index in [1.54, 1.807) is 19.3 Å². The monoisotopic (exact) mass is 619 g/mol. The maximum absolute atomic E-state index is 13.0. The summed E-state index contributed by atoms with van der Waals surface area (Å²) in [6.45, 7) is 3.86. The number of nitrogens with one attached hydrogen (secondary N) is 1. The Morgan fingerprint density at radius 1 is 0.932 bits per heavy atom. The molecule has 9 nitrogen and oxygen atoms in total. The number of rotatable bonds is 17. The molecule has 1 saturated heterocycles. The first kappa shape index (κ1) is 33.4. The SMILES string of the molecule is COc1ccc(C(OCCCCNC(=O)[C@@H]2CCCN2OP(C)OCCC#N)(c2ccccc2)c2ccc(OC)cc2)cc1. The minimum absolute atomic E-state index is 0.0426. The van der Waals surface area contributed by atoms with Crippen LogP contribution in [0.5, 0.6) is 11.5 Å². The highest BCUT2D eigenvalue weighted by Gasteiger charge is 2.38. The summed E-state index contributed by atoms with van der Waals surface area (Å²) in [6.07, 6.45) is 3.44. The van der Waals surface area contributed by atoms with Crippen LogP contribution in [0, 0.1) is 11.3 Å². The van der Waals surface area contributed by atoms with Gasteiger partial charge in [-0.1, -0.05) is 54.6 Å². The van der Waals surface area contributed by atoms with Gasteiger partial charge in [-0.15, -0.1) is 0 Å². The Morgan fingerprint density at radius 2 is 1.55 bits per heavy atom. The van der Waals surface area contributed by atoms with Crippen molar-refractivity contribution >= 4 is 14.3 Å². The molecule has 1 fully saturated rings. The van der Waals surface area contributed by atoms with Crippen molar-refractivity contribution in [2.75, 3.05) is 47.2 Å². The van der Waals surface area contributed by atoms with Crippen molar-refractivity contribution in [1.82, 2.24) is 10.4 Å². The number of carbonyl (C=O) groups excluding carboxylic acids is 1. The summed E-state index contributed by atoms with van der Waals surface area (Å²) in [4.78, 5) is 13.0. The van der Waals surface area contributed by atoms with Gasteiger partial charge in [-0.3, -0.25) is 4.79 Å². The zero-order valence-electron chi connectivity index (χ0n) is 25.7. The number of amides is 1. The van der Waals surface area contributed by atoms with Gasteiger partial charge in [0.25, 0.3) is 0 Å². The van der Waals surface area contributed by atoms with Crippen LogP contribution >= 0.6 is 8.38 Å². The van der Waals surface area contributed by atoms with E-state index in [4.69, 9.17) is 28.6 Å². The lowest BCUT2D eigenvalue weighted by Crippen LogP contribution is -2.43. The fourth-order valence-corrected chi connectivity index (χ4v) is 6.23. The number of methoxy groups -OCH3 is 2. The van der Waals surface area contributed by atoms with E-state index < -0.39 is 14.0 Å². The zero-order valence-corrected chi connectivity index (χ0v) is 26.6. The van der Waals surface area contributed by atoms with E-state index in [-0.39, 0.29) is 11.9 Å². The van der Waals surface area contributed by atoms with Crippen LogP contribution in [0.3, 0.4) is 0 Å². The molecule has 2 atom stereocenters. The molecule has 3 aromatic rings. The van der Waals surface area contributed by atoms with Gasteiger partial charge in [0.05, 0.1) is 33.3 Å². The van der Waals surface area contributed by atoms with Crippen molar-refractivity contribution in [2.45, 2.75) is 43.7 Å². The maximum Gasteiger partial charge on any atom is 0.239 e. The van der Waals surface area contributed by atoms with Crippen molar-refractivity contribution in [2.24, 2.45) is 0 Å². The topological polar surface area (TPSA) is 102 Å². The van der Waals surface area contributed by atoms with E-state index in [2.05, 4.69) is 23.5 Å². The average Bonchev–Trinajstić information content (AvgIpc) is 3.53. The van der Waals surface area contributed by atoms with E-state index in [0.717, 1.165) is 53.9 Å². The lowest BCUT2D eigenvalue weighted by molar-refractivity contribution is -0.138. The Bertz CT molecular complexity index is 1290. The molecule has 1 aliphatic heterocycles. The van der Waals surface area contributed by atoms with Gasteiger partial charge in [0.2, 0.25) is 5.91 Å². The Kier molecular flexibility index (Phi) is 13.0. The minimum Gasteiger partial charge on any atom is -0.497 e. The van der Waals surface area contributed by atoms with Crippen molar-refractivity contribution in [3.63, 3.8) is 0 Å². The molecular weight excluding hydrogens is 577 g/mol. The van der Waals surface area contributed by atoms with Crippen LogP contribution in [0.1, 0.15) is 48.8 Å². The molecule has 1 amide bonds. The lowest BCUT2D eigenvalue weighted by Gasteiger charge is -2.36. The van der Waals surface area contributed by atoms with Crippen molar-refractivity contribution in [3.05, 3.63) is 95.6 Å². The number of benzene rings is 3. The quantitative estimate of drug-likeness (QED) is 0.109. The average molecular weight is 620 g/mol. The minimum atomic E-state index is -1.19. The van der Waals surface area contributed by atoms with Crippen molar-refractivity contribution in [3.8, 4) is 17.6 Å². The molecule has 0 aromatic heterocycles. The summed E-state index contributed by atoms with van der Waals surface area (Å²) in [5.74, 6) is 1.50. The van der Waals surface area contributed by atoms with Gasteiger partial charge < -0.3 is 24.1 Å². The summed E-state index contributed by atoms with van der Waals surface area (Å²) in [7, 11) is 2.13. The van der Waals surface area contributed by atoms with Gasteiger partial charge in [-0.05, 0) is 66.6 Å². The van der Waals surface area contributed by atoms with E-state index in [0.29, 0.717) is 32.7 Å². The molecule has 44 heavy (non-hydrogen) atoms. The fraction of sp³-hybridized carbons (Fsp3) is 0.412. The molecule has 1 N–H and O–H groups in total. The highest BCUT2D eigenvalue weighted by Crippen LogP contribution is 2.42. The van der Waals surface area contributed by atoms with E-state index >= 15 is 0 Å². The molecule has 0 bridgehead atoms. The number of ether oxygens (including phenoxy) is 3. The lowest BCUT2D eigenvalue weighted by atomic mass is 9.80.